The van der Waals surface area contributed by atoms with Crippen LogP contribution in [-0.4, -0.2) is 62.4 Å². The molecule has 1 amide bonds. The second-order valence-corrected chi connectivity index (χ2v) is 8.50. The molecule has 1 atom stereocenters. The van der Waals surface area contributed by atoms with E-state index in [1.807, 2.05) is 12.1 Å². The van der Waals surface area contributed by atoms with E-state index in [-0.39, 0.29) is 18.1 Å². The highest BCUT2D eigenvalue weighted by Gasteiger charge is 2.28. The van der Waals surface area contributed by atoms with E-state index in [4.69, 9.17) is 14.2 Å². The predicted octanol–water partition coefficient (Wildman–Crippen LogP) is 3.39. The Morgan fingerprint density at radius 2 is 1.93 bits per heavy atom. The minimum atomic E-state index is -0.127. The average Bonchev–Trinajstić information content (AvgIpc) is 3.47. The SMILES string of the molecule is COc1ccc(OC2CCN(C3CCCC3)CC2)c(C(=O)NC[C@@H]2CCCO2)c1. The van der Waals surface area contributed by atoms with Crippen LogP contribution in [0.1, 0.15) is 61.7 Å². The average molecular weight is 403 g/mol. The van der Waals surface area contributed by atoms with E-state index in [2.05, 4.69) is 10.2 Å². The number of nitrogens with one attached hydrogen (secondary N) is 1. The molecule has 1 N–H and O–H groups in total. The number of ether oxygens (including phenoxy) is 3. The van der Waals surface area contributed by atoms with E-state index in [1.165, 1.54) is 25.7 Å². The highest BCUT2D eigenvalue weighted by molar-refractivity contribution is 5.97. The molecular weight excluding hydrogens is 368 g/mol. The molecule has 29 heavy (non-hydrogen) atoms. The van der Waals surface area contributed by atoms with Crippen LogP contribution in [-0.2, 0) is 4.74 Å². The van der Waals surface area contributed by atoms with Gasteiger partial charge in [-0.25, -0.2) is 0 Å². The van der Waals surface area contributed by atoms with Crippen molar-refractivity contribution in [1.82, 2.24) is 10.2 Å². The van der Waals surface area contributed by atoms with Gasteiger partial charge in [0.15, 0.2) is 0 Å². The van der Waals surface area contributed by atoms with Gasteiger partial charge in [0.2, 0.25) is 0 Å². The number of carbonyl (C=O) groups excluding carboxylic acids is 1. The van der Waals surface area contributed by atoms with E-state index in [1.54, 1.807) is 13.2 Å². The van der Waals surface area contributed by atoms with Crippen LogP contribution in [0, 0.1) is 0 Å². The number of hydrogen-bond acceptors (Lipinski definition) is 5. The van der Waals surface area contributed by atoms with Crippen LogP contribution in [0.4, 0.5) is 0 Å². The van der Waals surface area contributed by atoms with E-state index in [9.17, 15) is 4.79 Å². The Morgan fingerprint density at radius 3 is 2.62 bits per heavy atom. The number of rotatable bonds is 7. The zero-order valence-corrected chi connectivity index (χ0v) is 17.5. The van der Waals surface area contributed by atoms with Gasteiger partial charge in [-0.15, -0.1) is 0 Å². The third-order valence-electron chi connectivity index (χ3n) is 6.56. The highest BCUT2D eigenvalue weighted by Crippen LogP contribution is 2.30. The van der Waals surface area contributed by atoms with Crippen LogP contribution in [0.5, 0.6) is 11.5 Å². The van der Waals surface area contributed by atoms with Gasteiger partial charge in [-0.2, -0.15) is 0 Å². The normalized spacial score (nSPS) is 24.0. The lowest BCUT2D eigenvalue weighted by Crippen LogP contribution is -2.43. The first kappa shape index (κ1) is 20.5. The molecule has 6 nitrogen and oxygen atoms in total. The Labute approximate surface area is 173 Å². The van der Waals surface area contributed by atoms with Gasteiger partial charge in [0.25, 0.3) is 5.91 Å². The van der Waals surface area contributed by atoms with Crippen LogP contribution in [0.25, 0.3) is 0 Å². The summed E-state index contributed by atoms with van der Waals surface area (Å²) in [7, 11) is 1.61. The van der Waals surface area contributed by atoms with Gasteiger partial charge in [0.05, 0.1) is 18.8 Å². The molecule has 160 valence electrons. The minimum Gasteiger partial charge on any atom is -0.497 e. The van der Waals surface area contributed by atoms with Crippen LogP contribution in [0.15, 0.2) is 18.2 Å². The van der Waals surface area contributed by atoms with Crippen LogP contribution < -0.4 is 14.8 Å². The Kier molecular flexibility index (Phi) is 6.93. The van der Waals surface area contributed by atoms with Crippen LogP contribution in [0.2, 0.25) is 0 Å². The maximum Gasteiger partial charge on any atom is 0.255 e. The van der Waals surface area contributed by atoms with Gasteiger partial charge in [-0.3, -0.25) is 4.79 Å². The van der Waals surface area contributed by atoms with Crippen molar-refractivity contribution < 1.29 is 19.0 Å². The van der Waals surface area contributed by atoms with Crippen molar-refractivity contribution in [3.05, 3.63) is 23.8 Å². The highest BCUT2D eigenvalue weighted by atomic mass is 16.5. The van der Waals surface area contributed by atoms with Gasteiger partial charge in [-0.05, 0) is 56.7 Å². The third-order valence-corrected chi connectivity index (χ3v) is 6.56. The largest absolute Gasteiger partial charge is 0.497 e. The molecule has 1 aliphatic carbocycles. The summed E-state index contributed by atoms with van der Waals surface area (Å²) in [6.45, 7) is 3.50. The molecule has 2 saturated heterocycles. The van der Waals surface area contributed by atoms with Gasteiger partial charge in [0, 0.05) is 32.3 Å². The van der Waals surface area contributed by atoms with Crippen molar-refractivity contribution in [3.8, 4) is 11.5 Å². The molecule has 2 heterocycles. The van der Waals surface area contributed by atoms with Crippen molar-refractivity contribution >= 4 is 5.91 Å². The summed E-state index contributed by atoms with van der Waals surface area (Å²) >= 11 is 0. The topological polar surface area (TPSA) is 60.0 Å². The number of hydrogen-bond donors (Lipinski definition) is 1. The lowest BCUT2D eigenvalue weighted by atomic mass is 10.0. The molecule has 6 heteroatoms. The van der Waals surface area contributed by atoms with E-state index >= 15 is 0 Å². The van der Waals surface area contributed by atoms with Crippen molar-refractivity contribution in [2.75, 3.05) is 33.4 Å². The molecule has 0 spiro atoms. The van der Waals surface area contributed by atoms with Crippen molar-refractivity contribution in [1.29, 1.82) is 0 Å². The fraction of sp³-hybridized carbons (Fsp3) is 0.696. The van der Waals surface area contributed by atoms with E-state index in [0.29, 0.717) is 23.6 Å². The number of methoxy groups -OCH3 is 1. The lowest BCUT2D eigenvalue weighted by Gasteiger charge is -2.36. The van der Waals surface area contributed by atoms with Gasteiger partial charge >= 0.3 is 0 Å². The fourth-order valence-electron chi connectivity index (χ4n) is 4.83. The molecular formula is C23H34N2O4. The Hall–Kier alpha value is -1.79. The number of benzene rings is 1. The van der Waals surface area contributed by atoms with Gasteiger partial charge < -0.3 is 24.4 Å². The molecule has 1 saturated carbocycles. The zero-order valence-electron chi connectivity index (χ0n) is 17.5. The van der Waals surface area contributed by atoms with E-state index in [0.717, 1.165) is 51.4 Å². The van der Waals surface area contributed by atoms with Crippen molar-refractivity contribution in [2.45, 2.75) is 69.6 Å². The third kappa shape index (κ3) is 5.23. The maximum atomic E-state index is 12.8. The lowest BCUT2D eigenvalue weighted by molar-refractivity contribution is 0.0740. The molecule has 0 aromatic heterocycles. The molecule has 3 aliphatic rings. The summed E-state index contributed by atoms with van der Waals surface area (Å²) in [6.07, 6.45) is 9.81. The van der Waals surface area contributed by atoms with E-state index < -0.39 is 0 Å². The second kappa shape index (κ2) is 9.81. The summed E-state index contributed by atoms with van der Waals surface area (Å²) in [5.74, 6) is 1.18. The quantitative estimate of drug-likeness (QED) is 0.758. The first-order valence-corrected chi connectivity index (χ1v) is 11.2. The van der Waals surface area contributed by atoms with Crippen molar-refractivity contribution in [3.63, 3.8) is 0 Å². The first-order chi connectivity index (χ1) is 14.2. The monoisotopic (exact) mass is 402 g/mol. The summed E-state index contributed by atoms with van der Waals surface area (Å²) in [4.78, 5) is 15.5. The minimum absolute atomic E-state index is 0.119. The van der Waals surface area contributed by atoms with Gasteiger partial charge in [0.1, 0.15) is 17.6 Å². The predicted molar refractivity (Wildman–Crippen MR) is 112 cm³/mol. The molecule has 1 aromatic carbocycles. The molecule has 0 radical (unpaired) electrons. The van der Waals surface area contributed by atoms with Crippen LogP contribution >= 0.6 is 0 Å². The smallest absolute Gasteiger partial charge is 0.255 e. The molecule has 2 aliphatic heterocycles. The Balaban J connectivity index is 1.36. The molecule has 0 unspecified atom stereocenters. The summed E-state index contributed by atoms with van der Waals surface area (Å²) < 4.78 is 17.3. The first-order valence-electron chi connectivity index (χ1n) is 11.2. The fourth-order valence-corrected chi connectivity index (χ4v) is 4.83. The number of carbonyl (C=O) groups is 1. The number of likely N-dealkylation sites (tertiary alicyclic amines) is 1. The summed E-state index contributed by atoms with van der Waals surface area (Å²) in [5, 5.41) is 3.01. The molecule has 1 aromatic rings. The van der Waals surface area contributed by atoms with Crippen LogP contribution in [0.3, 0.4) is 0 Å². The second-order valence-electron chi connectivity index (χ2n) is 8.50. The zero-order chi connectivity index (χ0) is 20.1. The Bertz CT molecular complexity index is 675. The number of nitrogens with zero attached hydrogens (tertiary/aromatic N) is 1. The Morgan fingerprint density at radius 1 is 1.14 bits per heavy atom. The molecule has 3 fully saturated rings. The molecule has 0 bridgehead atoms. The van der Waals surface area contributed by atoms with Crippen molar-refractivity contribution in [2.24, 2.45) is 0 Å². The number of piperidine rings is 1. The molecule has 4 rings (SSSR count). The maximum absolute atomic E-state index is 12.8. The standard InChI is InChI=1S/C23H34N2O4/c1-27-19-8-9-22(21(15-19)23(26)24-16-20-7-4-14-28-20)29-18-10-12-25(13-11-18)17-5-2-3-6-17/h8-9,15,17-18,20H,2-7,10-14,16H2,1H3,(H,24,26)/t20-/m0/s1. The van der Waals surface area contributed by atoms with Gasteiger partial charge in [-0.1, -0.05) is 12.8 Å². The number of amides is 1. The summed E-state index contributed by atoms with van der Waals surface area (Å²) in [6, 6.07) is 6.27. The summed E-state index contributed by atoms with van der Waals surface area (Å²) in [5.41, 5.74) is 0.542.